The van der Waals surface area contributed by atoms with E-state index in [2.05, 4.69) is 15.3 Å². The maximum atomic E-state index is 14.0. The SMILES string of the molecule is Cc1ncc(Cl)cc1C(=O)N[C@H]1CC[C@H](Cn2c(=O)n(-c3cnc4c(c3)CCN4C(=O)OC(C)(C)C)c3ccccc32)CC1. The molecule has 0 atom stereocenters. The molecule has 0 bridgehead atoms. The molecule has 10 nitrogen and oxygen atoms in total. The topological polar surface area (TPSA) is 111 Å². The number of benzene rings is 1. The summed E-state index contributed by atoms with van der Waals surface area (Å²) in [5, 5.41) is 3.58. The van der Waals surface area contributed by atoms with E-state index < -0.39 is 11.7 Å². The lowest BCUT2D eigenvalue weighted by atomic mass is 9.85. The fourth-order valence-corrected chi connectivity index (χ4v) is 6.41. The number of pyridine rings is 2. The molecule has 0 radical (unpaired) electrons. The van der Waals surface area contributed by atoms with Crippen molar-refractivity contribution in [3.05, 3.63) is 81.1 Å². The van der Waals surface area contributed by atoms with Crippen molar-refractivity contribution in [3.63, 3.8) is 0 Å². The van der Waals surface area contributed by atoms with Crippen molar-refractivity contribution in [2.75, 3.05) is 11.4 Å². The lowest BCUT2D eigenvalue weighted by molar-refractivity contribution is 0.0582. The van der Waals surface area contributed by atoms with E-state index >= 15 is 0 Å². The molecule has 1 N–H and O–H groups in total. The fraction of sp³-hybridized carbons (Fsp3) is 0.424. The van der Waals surface area contributed by atoms with Gasteiger partial charge < -0.3 is 10.1 Å². The van der Waals surface area contributed by atoms with Gasteiger partial charge in [-0.3, -0.25) is 23.8 Å². The van der Waals surface area contributed by atoms with Crippen LogP contribution in [0.1, 0.15) is 68.1 Å². The minimum Gasteiger partial charge on any atom is -0.443 e. The maximum Gasteiger partial charge on any atom is 0.416 e. The van der Waals surface area contributed by atoms with Gasteiger partial charge in [-0.1, -0.05) is 23.7 Å². The first-order chi connectivity index (χ1) is 21.0. The van der Waals surface area contributed by atoms with E-state index in [1.165, 1.54) is 0 Å². The van der Waals surface area contributed by atoms with Crippen molar-refractivity contribution in [2.24, 2.45) is 5.92 Å². The normalized spacial score (nSPS) is 18.3. The predicted molar refractivity (Wildman–Crippen MR) is 170 cm³/mol. The van der Waals surface area contributed by atoms with Crippen LogP contribution >= 0.6 is 11.6 Å². The highest BCUT2D eigenvalue weighted by Crippen LogP contribution is 2.31. The molecule has 1 aromatic carbocycles. The number of fused-ring (bicyclic) bond motifs is 2. The summed E-state index contributed by atoms with van der Waals surface area (Å²) in [4.78, 5) is 49.9. The van der Waals surface area contributed by atoms with E-state index in [-0.39, 0.29) is 17.6 Å². The van der Waals surface area contributed by atoms with Crippen LogP contribution in [0.15, 0.2) is 53.6 Å². The van der Waals surface area contributed by atoms with Gasteiger partial charge in [-0.2, -0.15) is 0 Å². The molecule has 230 valence electrons. The highest BCUT2D eigenvalue weighted by atomic mass is 35.5. The molecule has 4 heterocycles. The quantitative estimate of drug-likeness (QED) is 0.302. The molecule has 6 rings (SSSR count). The third-order valence-electron chi connectivity index (χ3n) is 8.42. The van der Waals surface area contributed by atoms with Gasteiger partial charge in [0.1, 0.15) is 11.4 Å². The van der Waals surface area contributed by atoms with Crippen molar-refractivity contribution in [3.8, 4) is 5.69 Å². The van der Waals surface area contributed by atoms with Gasteiger partial charge in [0, 0.05) is 25.3 Å². The lowest BCUT2D eigenvalue weighted by Crippen LogP contribution is -2.39. The number of nitrogens with zero attached hydrogens (tertiary/aromatic N) is 5. The van der Waals surface area contributed by atoms with E-state index in [1.807, 2.05) is 55.7 Å². The number of anilines is 1. The minimum absolute atomic E-state index is 0.0629. The molecule has 1 saturated carbocycles. The molecule has 11 heteroatoms. The average Bonchev–Trinajstić information content (AvgIpc) is 3.52. The summed E-state index contributed by atoms with van der Waals surface area (Å²) in [5.74, 6) is 0.720. The van der Waals surface area contributed by atoms with Crippen molar-refractivity contribution >= 4 is 40.5 Å². The number of para-hydroxylation sites is 2. The number of carbonyl (C=O) groups is 2. The zero-order valence-electron chi connectivity index (χ0n) is 25.5. The van der Waals surface area contributed by atoms with E-state index in [0.29, 0.717) is 53.2 Å². The third kappa shape index (κ3) is 5.95. The molecule has 1 aliphatic carbocycles. The first-order valence-electron chi connectivity index (χ1n) is 15.1. The molecule has 0 spiro atoms. The zero-order valence-corrected chi connectivity index (χ0v) is 26.2. The molecule has 1 fully saturated rings. The number of nitrogens with one attached hydrogen (secondary N) is 1. The van der Waals surface area contributed by atoms with Crippen LogP contribution in [0.4, 0.5) is 10.6 Å². The van der Waals surface area contributed by atoms with Crippen LogP contribution in [0.2, 0.25) is 5.02 Å². The monoisotopic (exact) mass is 616 g/mol. The third-order valence-corrected chi connectivity index (χ3v) is 8.62. The maximum absolute atomic E-state index is 14.0. The number of rotatable bonds is 5. The number of ether oxygens (including phenoxy) is 1. The summed E-state index contributed by atoms with van der Waals surface area (Å²) in [7, 11) is 0. The molecule has 0 saturated heterocycles. The Morgan fingerprint density at radius 3 is 2.50 bits per heavy atom. The molecular weight excluding hydrogens is 580 g/mol. The van der Waals surface area contributed by atoms with E-state index in [1.54, 1.807) is 34.9 Å². The molecule has 0 unspecified atom stereocenters. The summed E-state index contributed by atoms with van der Waals surface area (Å²) in [5.41, 5.74) is 3.69. The van der Waals surface area contributed by atoms with Gasteiger partial charge in [0.25, 0.3) is 5.91 Å². The highest BCUT2D eigenvalue weighted by Gasteiger charge is 2.31. The van der Waals surface area contributed by atoms with E-state index in [9.17, 15) is 14.4 Å². The Bertz CT molecular complexity index is 1800. The smallest absolute Gasteiger partial charge is 0.416 e. The second-order valence-electron chi connectivity index (χ2n) is 12.8. The van der Waals surface area contributed by atoms with Gasteiger partial charge in [-0.25, -0.2) is 14.6 Å². The number of carbonyl (C=O) groups excluding carboxylic acids is 2. The number of aromatic nitrogens is 4. The van der Waals surface area contributed by atoms with Crippen LogP contribution in [-0.4, -0.2) is 49.3 Å². The highest BCUT2D eigenvalue weighted by molar-refractivity contribution is 6.30. The number of aryl methyl sites for hydroxylation is 1. The second-order valence-corrected chi connectivity index (χ2v) is 13.2. The molecule has 2 amide bonds. The van der Waals surface area contributed by atoms with Crippen LogP contribution in [0, 0.1) is 12.8 Å². The van der Waals surface area contributed by atoms with Gasteiger partial charge in [0.15, 0.2) is 0 Å². The summed E-state index contributed by atoms with van der Waals surface area (Å²) in [6.45, 7) is 8.39. The van der Waals surface area contributed by atoms with Gasteiger partial charge in [-0.15, -0.1) is 0 Å². The number of halogens is 1. The Morgan fingerprint density at radius 2 is 1.77 bits per heavy atom. The first-order valence-corrected chi connectivity index (χ1v) is 15.5. The van der Waals surface area contributed by atoms with Gasteiger partial charge in [0.2, 0.25) is 0 Å². The first kappa shape index (κ1) is 29.9. The second kappa shape index (κ2) is 11.7. The summed E-state index contributed by atoms with van der Waals surface area (Å²) in [6.07, 6.45) is 6.87. The lowest BCUT2D eigenvalue weighted by Gasteiger charge is -2.29. The van der Waals surface area contributed by atoms with Crippen molar-refractivity contribution < 1.29 is 14.3 Å². The summed E-state index contributed by atoms with van der Waals surface area (Å²) < 4.78 is 9.14. The number of imidazole rings is 1. The average molecular weight is 617 g/mol. The number of hydrogen-bond donors (Lipinski definition) is 1. The van der Waals surface area contributed by atoms with E-state index in [4.69, 9.17) is 16.3 Å². The molecule has 1 aliphatic heterocycles. The van der Waals surface area contributed by atoms with E-state index in [0.717, 1.165) is 42.3 Å². The Labute approximate surface area is 261 Å². The van der Waals surface area contributed by atoms with Crippen LogP contribution in [0.3, 0.4) is 0 Å². The van der Waals surface area contributed by atoms with Crippen molar-refractivity contribution in [1.82, 2.24) is 24.4 Å². The van der Waals surface area contributed by atoms with Gasteiger partial charge in [-0.05, 0) is 95.5 Å². The Hall–Kier alpha value is -4.18. The largest absolute Gasteiger partial charge is 0.443 e. The number of amides is 2. The Kier molecular flexibility index (Phi) is 7.96. The van der Waals surface area contributed by atoms with Gasteiger partial charge >= 0.3 is 11.8 Å². The van der Waals surface area contributed by atoms with Crippen LogP contribution in [0.25, 0.3) is 16.7 Å². The Balaban J connectivity index is 1.18. The fourth-order valence-electron chi connectivity index (χ4n) is 6.26. The van der Waals surface area contributed by atoms with Crippen molar-refractivity contribution in [2.45, 2.75) is 78.0 Å². The standard InChI is InChI=1S/C33H37ClN6O4/c1-20-26(16-23(34)17-35-20)30(41)37-24-11-9-21(10-12-24)19-39-27-7-5-6-8-28(27)40(31(39)42)25-15-22-13-14-38(29(22)36-18-25)32(43)44-33(2,3)4/h5-8,15-18,21,24H,9-14,19H2,1-4H3,(H,37,41)/t21-,24-. The van der Waals surface area contributed by atoms with Crippen LogP contribution in [-0.2, 0) is 17.7 Å². The minimum atomic E-state index is -0.601. The van der Waals surface area contributed by atoms with Crippen molar-refractivity contribution in [1.29, 1.82) is 0 Å². The predicted octanol–water partition coefficient (Wildman–Crippen LogP) is 5.83. The summed E-state index contributed by atoms with van der Waals surface area (Å²) >= 11 is 6.06. The Morgan fingerprint density at radius 1 is 1.05 bits per heavy atom. The zero-order chi connectivity index (χ0) is 31.2. The van der Waals surface area contributed by atoms with Gasteiger partial charge in [0.05, 0.1) is 39.2 Å². The molecule has 3 aromatic heterocycles. The molecule has 2 aliphatic rings. The molecular formula is C33H37ClN6O4. The number of hydrogen-bond acceptors (Lipinski definition) is 6. The van der Waals surface area contributed by atoms with Crippen LogP contribution in [0.5, 0.6) is 0 Å². The van der Waals surface area contributed by atoms with Crippen LogP contribution < -0.4 is 15.9 Å². The summed E-state index contributed by atoms with van der Waals surface area (Å²) in [6, 6.07) is 11.5. The molecule has 4 aromatic rings. The molecule has 44 heavy (non-hydrogen) atoms.